The number of amides is 2. The van der Waals surface area contributed by atoms with Gasteiger partial charge in [-0.15, -0.1) is 35.3 Å². The molecule has 1 aromatic rings. The number of hydrogen-bond acceptors (Lipinski definition) is 6. The van der Waals surface area contributed by atoms with E-state index in [1.54, 1.807) is 37.4 Å². The minimum atomic E-state index is -0.563. The summed E-state index contributed by atoms with van der Waals surface area (Å²) in [5.74, 6) is 0.397. The van der Waals surface area contributed by atoms with Crippen LogP contribution >= 0.6 is 35.3 Å². The van der Waals surface area contributed by atoms with Gasteiger partial charge in [0.15, 0.2) is 5.96 Å². The van der Waals surface area contributed by atoms with Crippen LogP contribution in [0, 0.1) is 0 Å². The van der Waals surface area contributed by atoms with Crippen molar-refractivity contribution in [2.24, 2.45) is 4.99 Å². The summed E-state index contributed by atoms with van der Waals surface area (Å²) < 4.78 is 11.1. The molecule has 2 heterocycles. The van der Waals surface area contributed by atoms with Crippen molar-refractivity contribution >= 4 is 53.3 Å². The number of methoxy groups -OCH3 is 1. The lowest BCUT2D eigenvalue weighted by Crippen LogP contribution is -2.49. The number of guanidine groups is 1. The third-order valence-corrected chi connectivity index (χ3v) is 5.30. The van der Waals surface area contributed by atoms with Gasteiger partial charge in [-0.25, -0.2) is 9.79 Å². The van der Waals surface area contributed by atoms with E-state index in [2.05, 4.69) is 15.6 Å². The van der Waals surface area contributed by atoms with Crippen molar-refractivity contribution < 1.29 is 19.1 Å². The largest absolute Gasteiger partial charge is 0.444 e. The van der Waals surface area contributed by atoms with Gasteiger partial charge in [-0.05, 0) is 32.2 Å². The Hall–Kier alpha value is -1.60. The Morgan fingerprint density at radius 3 is 2.58 bits per heavy atom. The third kappa shape index (κ3) is 9.19. The van der Waals surface area contributed by atoms with Crippen LogP contribution in [0.5, 0.6) is 0 Å². The Bertz CT molecular complexity index is 736. The number of thiophene rings is 1. The lowest BCUT2D eigenvalue weighted by atomic mass is 10.2. The number of likely N-dealkylation sites (tertiary alicyclic amines) is 1. The molecule has 0 spiro atoms. The van der Waals surface area contributed by atoms with Gasteiger partial charge >= 0.3 is 6.09 Å². The molecule has 1 aliphatic rings. The van der Waals surface area contributed by atoms with Crippen LogP contribution in [-0.2, 0) is 20.8 Å². The zero-order valence-corrected chi connectivity index (χ0v) is 22.2. The molecule has 1 saturated heterocycles. The number of nitrogens with one attached hydrogen (secondary N) is 2. The van der Waals surface area contributed by atoms with Crippen LogP contribution in [0.2, 0.25) is 0 Å². The molecule has 0 aliphatic carbocycles. The predicted octanol–water partition coefficient (Wildman–Crippen LogP) is 2.12. The fourth-order valence-corrected chi connectivity index (χ4v) is 3.47. The number of likely N-dealkylation sites (N-methyl/N-ethyl adjacent to an activating group) is 1. The maximum absolute atomic E-state index is 12.5. The number of carbonyl (C=O) groups excluding carboxylic acids is 2. The predicted molar refractivity (Wildman–Crippen MR) is 133 cm³/mol. The second-order valence-electron chi connectivity index (χ2n) is 8.30. The number of hydrogen-bond donors (Lipinski definition) is 2. The van der Waals surface area contributed by atoms with Gasteiger partial charge in [0.25, 0.3) is 0 Å². The SMILES string of the molecule is CO[C@H]1CN(C(=O)OC(C)(C)C)CC1NC(=NCC(=O)N(C)C)NCc1cccs1.I. The summed E-state index contributed by atoms with van der Waals surface area (Å²) in [5.41, 5.74) is -0.563. The van der Waals surface area contributed by atoms with Crippen molar-refractivity contribution in [2.75, 3.05) is 40.8 Å². The number of ether oxygens (including phenoxy) is 2. The Balaban J connectivity index is 0.00000480. The first kappa shape index (κ1) is 27.4. The normalized spacial score (nSPS) is 18.9. The Labute approximate surface area is 205 Å². The second kappa shape index (κ2) is 12.4. The quantitative estimate of drug-likeness (QED) is 0.311. The fourth-order valence-electron chi connectivity index (χ4n) is 2.83. The van der Waals surface area contributed by atoms with Crippen LogP contribution in [0.4, 0.5) is 4.79 Å². The summed E-state index contributed by atoms with van der Waals surface area (Å²) in [5, 5.41) is 8.59. The summed E-state index contributed by atoms with van der Waals surface area (Å²) in [6, 6.07) is 3.82. The van der Waals surface area contributed by atoms with E-state index in [1.165, 1.54) is 4.90 Å². The molecule has 0 aromatic carbocycles. The molecular weight excluding hydrogens is 533 g/mol. The monoisotopic (exact) mass is 567 g/mol. The molecule has 2 atom stereocenters. The van der Waals surface area contributed by atoms with Crippen molar-refractivity contribution in [1.82, 2.24) is 20.4 Å². The molecular formula is C20H34IN5O4S. The fraction of sp³-hybridized carbons (Fsp3) is 0.650. The molecule has 1 fully saturated rings. The van der Waals surface area contributed by atoms with Crippen LogP contribution in [0.1, 0.15) is 25.6 Å². The average molecular weight is 567 g/mol. The molecule has 2 rings (SSSR count). The van der Waals surface area contributed by atoms with E-state index < -0.39 is 5.60 Å². The van der Waals surface area contributed by atoms with Crippen molar-refractivity contribution in [2.45, 2.75) is 45.1 Å². The van der Waals surface area contributed by atoms with Crippen molar-refractivity contribution in [3.05, 3.63) is 22.4 Å². The van der Waals surface area contributed by atoms with Crippen molar-refractivity contribution in [3.63, 3.8) is 0 Å². The zero-order valence-electron chi connectivity index (χ0n) is 19.0. The maximum Gasteiger partial charge on any atom is 0.410 e. The number of halogens is 1. The van der Waals surface area contributed by atoms with E-state index in [-0.39, 0.29) is 54.7 Å². The van der Waals surface area contributed by atoms with E-state index in [0.29, 0.717) is 25.6 Å². The third-order valence-electron chi connectivity index (χ3n) is 4.42. The molecule has 1 aromatic heterocycles. The summed E-state index contributed by atoms with van der Waals surface area (Å²) in [4.78, 5) is 33.1. The topological polar surface area (TPSA) is 95.5 Å². The summed E-state index contributed by atoms with van der Waals surface area (Å²) in [6.45, 7) is 6.95. The van der Waals surface area contributed by atoms with Crippen molar-refractivity contribution in [3.8, 4) is 0 Å². The minimum absolute atomic E-state index is 0. The lowest BCUT2D eigenvalue weighted by molar-refractivity contribution is -0.127. The van der Waals surface area contributed by atoms with Gasteiger partial charge in [0, 0.05) is 32.6 Å². The molecule has 176 valence electrons. The van der Waals surface area contributed by atoms with Gasteiger partial charge in [0.05, 0.1) is 25.2 Å². The molecule has 1 unspecified atom stereocenters. The van der Waals surface area contributed by atoms with Gasteiger partial charge in [0.2, 0.25) is 5.91 Å². The highest BCUT2D eigenvalue weighted by molar-refractivity contribution is 14.0. The number of aliphatic imine (C=N–C) groups is 1. The Morgan fingerprint density at radius 2 is 2.03 bits per heavy atom. The van der Waals surface area contributed by atoms with Gasteiger partial charge in [0.1, 0.15) is 12.1 Å². The lowest BCUT2D eigenvalue weighted by Gasteiger charge is -2.24. The van der Waals surface area contributed by atoms with E-state index in [9.17, 15) is 9.59 Å². The Morgan fingerprint density at radius 1 is 1.32 bits per heavy atom. The second-order valence-corrected chi connectivity index (χ2v) is 9.33. The summed E-state index contributed by atoms with van der Waals surface area (Å²) in [6.07, 6.45) is -0.600. The van der Waals surface area contributed by atoms with Crippen LogP contribution in [-0.4, -0.2) is 86.3 Å². The minimum Gasteiger partial charge on any atom is -0.444 e. The first-order chi connectivity index (χ1) is 14.1. The molecule has 1 aliphatic heterocycles. The van der Waals surface area contributed by atoms with Crippen LogP contribution in [0.15, 0.2) is 22.5 Å². The van der Waals surface area contributed by atoms with E-state index in [0.717, 1.165) is 4.88 Å². The molecule has 0 bridgehead atoms. The van der Waals surface area contributed by atoms with Crippen molar-refractivity contribution in [1.29, 1.82) is 0 Å². The van der Waals surface area contributed by atoms with Crippen LogP contribution < -0.4 is 10.6 Å². The highest BCUT2D eigenvalue weighted by Crippen LogP contribution is 2.17. The molecule has 0 radical (unpaired) electrons. The van der Waals surface area contributed by atoms with Gasteiger partial charge in [-0.3, -0.25) is 4.79 Å². The zero-order chi connectivity index (χ0) is 22.3. The number of rotatable bonds is 6. The smallest absolute Gasteiger partial charge is 0.410 e. The maximum atomic E-state index is 12.5. The van der Waals surface area contributed by atoms with Gasteiger partial charge < -0.3 is 29.9 Å². The molecule has 2 N–H and O–H groups in total. The molecule has 9 nitrogen and oxygen atoms in total. The molecule has 2 amide bonds. The van der Waals surface area contributed by atoms with Gasteiger partial charge in [-0.1, -0.05) is 6.07 Å². The summed E-state index contributed by atoms with van der Waals surface area (Å²) in [7, 11) is 5.00. The first-order valence-electron chi connectivity index (χ1n) is 9.87. The van der Waals surface area contributed by atoms with E-state index in [1.807, 2.05) is 38.3 Å². The molecule has 31 heavy (non-hydrogen) atoms. The number of carbonyl (C=O) groups is 2. The molecule has 11 heteroatoms. The highest BCUT2D eigenvalue weighted by Gasteiger charge is 2.38. The highest BCUT2D eigenvalue weighted by atomic mass is 127. The van der Waals surface area contributed by atoms with Crippen LogP contribution in [0.25, 0.3) is 0 Å². The Kier molecular flexibility index (Phi) is 11.0. The first-order valence-corrected chi connectivity index (χ1v) is 10.7. The van der Waals surface area contributed by atoms with Gasteiger partial charge in [-0.2, -0.15) is 0 Å². The molecule has 0 saturated carbocycles. The van der Waals surface area contributed by atoms with E-state index in [4.69, 9.17) is 9.47 Å². The van der Waals surface area contributed by atoms with Crippen LogP contribution in [0.3, 0.4) is 0 Å². The number of nitrogens with zero attached hydrogens (tertiary/aromatic N) is 3. The average Bonchev–Trinajstić information content (AvgIpc) is 3.31. The summed E-state index contributed by atoms with van der Waals surface area (Å²) >= 11 is 1.64. The van der Waals surface area contributed by atoms with E-state index >= 15 is 0 Å². The standard InChI is InChI=1S/C20H33N5O4S.HI/c1-20(2,3)29-19(27)25-12-15(16(13-25)28-6)23-18(22-11-17(26)24(4)5)21-10-14-8-7-9-30-14;/h7-9,15-16H,10-13H2,1-6H3,(H2,21,22,23);1H/t15?,16-;/m0./s1.